The second-order valence-electron chi connectivity index (χ2n) is 19.0. The molecule has 1 atom stereocenters. The Kier molecular flexibility index (Phi) is 11.2. The SMILES string of the molecule is CC1(C)CC(C)(c2ccc(N(c3ccc(-c4ccccc4)cc3)c3ccc(-c4ccccc4)cc3)cc2)c2cc(N(c3ccc(-c4ccccc4)cc3)c3ccc(-c4ccccc4)cc3)ccc21. The first-order valence-corrected chi connectivity index (χ1v) is 23.8. The molecule has 0 aliphatic heterocycles. The third kappa shape index (κ3) is 8.20. The third-order valence-electron chi connectivity index (χ3n) is 14.1. The molecule has 0 N–H and O–H groups in total. The lowest BCUT2D eigenvalue weighted by atomic mass is 9.75. The summed E-state index contributed by atoms with van der Waals surface area (Å²) in [6.45, 7) is 7.27. The van der Waals surface area contributed by atoms with Crippen molar-refractivity contribution in [1.82, 2.24) is 0 Å². The van der Waals surface area contributed by atoms with Crippen molar-refractivity contribution >= 4 is 34.1 Å². The van der Waals surface area contributed by atoms with Crippen molar-refractivity contribution in [2.75, 3.05) is 9.80 Å². The maximum atomic E-state index is 2.48. The molecule has 1 aliphatic carbocycles. The predicted octanol–water partition coefficient (Wildman–Crippen LogP) is 18.3. The molecule has 0 heterocycles. The highest BCUT2D eigenvalue weighted by atomic mass is 15.1. The predicted molar refractivity (Wildman–Crippen MR) is 288 cm³/mol. The van der Waals surface area contributed by atoms with Crippen LogP contribution in [0.1, 0.15) is 43.9 Å². The van der Waals surface area contributed by atoms with E-state index in [1.807, 2.05) is 0 Å². The Morgan fingerprint density at radius 1 is 0.265 bits per heavy atom. The van der Waals surface area contributed by atoms with E-state index in [0.29, 0.717) is 0 Å². The lowest BCUT2D eigenvalue weighted by Gasteiger charge is -2.31. The van der Waals surface area contributed by atoms with Crippen molar-refractivity contribution < 1.29 is 0 Å². The van der Waals surface area contributed by atoms with Gasteiger partial charge in [0, 0.05) is 39.5 Å². The van der Waals surface area contributed by atoms with Gasteiger partial charge >= 0.3 is 0 Å². The van der Waals surface area contributed by atoms with E-state index in [4.69, 9.17) is 0 Å². The quantitative estimate of drug-likeness (QED) is 0.128. The maximum absolute atomic E-state index is 2.48. The average molecular weight is 875 g/mol. The molecular weight excluding hydrogens is 821 g/mol. The van der Waals surface area contributed by atoms with Gasteiger partial charge in [-0.25, -0.2) is 0 Å². The molecule has 0 spiro atoms. The topological polar surface area (TPSA) is 6.48 Å². The highest BCUT2D eigenvalue weighted by Gasteiger charge is 2.46. The van der Waals surface area contributed by atoms with E-state index < -0.39 is 0 Å². The minimum atomic E-state index is -0.229. The van der Waals surface area contributed by atoms with Crippen LogP contribution in [0.2, 0.25) is 0 Å². The molecule has 0 saturated carbocycles. The van der Waals surface area contributed by atoms with Crippen LogP contribution >= 0.6 is 0 Å². The molecule has 0 fully saturated rings. The lowest BCUT2D eigenvalue weighted by Crippen LogP contribution is -2.23. The molecule has 0 aromatic heterocycles. The summed E-state index contributed by atoms with van der Waals surface area (Å²) in [5.41, 5.74) is 20.2. The summed E-state index contributed by atoms with van der Waals surface area (Å²) in [5.74, 6) is 0. The molecule has 1 unspecified atom stereocenters. The van der Waals surface area contributed by atoms with Crippen LogP contribution in [-0.2, 0) is 10.8 Å². The standard InChI is InChI=1S/C66H54N2/c1-65(2)47-66(3,56-32-42-61(43-33-56)67(57-34-24-52(25-35-57)48-16-8-4-9-17-48)58-36-26-53(27-37-58)49-18-10-5-11-19-49)64-46-62(44-45-63(64)65)68(59-38-28-54(29-39-59)50-20-12-6-13-21-50)60-40-30-55(31-41-60)51-22-14-7-15-23-51/h4-46H,47H2,1-3H3. The zero-order chi connectivity index (χ0) is 46.1. The van der Waals surface area contributed by atoms with Crippen LogP contribution in [0.3, 0.4) is 0 Å². The van der Waals surface area contributed by atoms with Crippen molar-refractivity contribution in [2.24, 2.45) is 0 Å². The number of rotatable bonds is 11. The number of hydrogen-bond donors (Lipinski definition) is 0. The summed E-state index contributed by atoms with van der Waals surface area (Å²) < 4.78 is 0. The monoisotopic (exact) mass is 874 g/mol. The fraction of sp³-hybridized carbons (Fsp3) is 0.0909. The Morgan fingerprint density at radius 3 is 0.853 bits per heavy atom. The molecule has 68 heavy (non-hydrogen) atoms. The van der Waals surface area contributed by atoms with Crippen molar-refractivity contribution in [3.8, 4) is 44.5 Å². The summed E-state index contributed by atoms with van der Waals surface area (Å²) in [5, 5.41) is 0. The number of hydrogen-bond acceptors (Lipinski definition) is 2. The highest BCUT2D eigenvalue weighted by molar-refractivity contribution is 5.83. The third-order valence-corrected chi connectivity index (χ3v) is 14.1. The van der Waals surface area contributed by atoms with Crippen molar-refractivity contribution in [1.29, 1.82) is 0 Å². The van der Waals surface area contributed by atoms with Crippen LogP contribution in [0.5, 0.6) is 0 Å². The first-order chi connectivity index (χ1) is 33.3. The van der Waals surface area contributed by atoms with Gasteiger partial charge in [0.1, 0.15) is 0 Å². The largest absolute Gasteiger partial charge is 0.311 e. The smallest absolute Gasteiger partial charge is 0.0464 e. The molecule has 0 bridgehead atoms. The molecule has 10 aromatic carbocycles. The lowest BCUT2D eigenvalue weighted by molar-refractivity contribution is 0.425. The zero-order valence-corrected chi connectivity index (χ0v) is 38.9. The second-order valence-corrected chi connectivity index (χ2v) is 19.0. The molecule has 1 aliphatic rings. The minimum absolute atomic E-state index is 0.0200. The van der Waals surface area contributed by atoms with Gasteiger partial charge in [0.25, 0.3) is 0 Å². The van der Waals surface area contributed by atoms with E-state index in [9.17, 15) is 0 Å². The Morgan fingerprint density at radius 2 is 0.529 bits per heavy atom. The number of nitrogens with zero attached hydrogens (tertiary/aromatic N) is 2. The van der Waals surface area contributed by atoms with Crippen LogP contribution < -0.4 is 9.80 Å². The Bertz CT molecular complexity index is 3110. The maximum Gasteiger partial charge on any atom is 0.0464 e. The fourth-order valence-corrected chi connectivity index (χ4v) is 10.7. The molecule has 2 heteroatoms. The Hall–Kier alpha value is -8.20. The van der Waals surface area contributed by atoms with Crippen LogP contribution in [0.15, 0.2) is 261 Å². The van der Waals surface area contributed by atoms with Crippen molar-refractivity contribution in [2.45, 2.75) is 38.0 Å². The first-order valence-electron chi connectivity index (χ1n) is 23.8. The summed E-state index contributed by atoms with van der Waals surface area (Å²) in [6.07, 6.45) is 1.00. The summed E-state index contributed by atoms with van der Waals surface area (Å²) >= 11 is 0. The van der Waals surface area contributed by atoms with Crippen molar-refractivity contribution in [3.63, 3.8) is 0 Å². The molecule has 2 nitrogen and oxygen atoms in total. The van der Waals surface area contributed by atoms with E-state index in [2.05, 4.69) is 291 Å². The van der Waals surface area contributed by atoms with Gasteiger partial charge in [-0.05, 0) is 146 Å². The molecule has 0 amide bonds. The number of anilines is 6. The summed E-state index contributed by atoms with van der Waals surface area (Å²) in [4.78, 5) is 4.80. The van der Waals surface area contributed by atoms with E-state index in [-0.39, 0.29) is 10.8 Å². The van der Waals surface area contributed by atoms with E-state index in [1.54, 1.807) is 0 Å². The van der Waals surface area contributed by atoms with Gasteiger partial charge < -0.3 is 9.80 Å². The van der Waals surface area contributed by atoms with Gasteiger partial charge in [-0.2, -0.15) is 0 Å². The van der Waals surface area contributed by atoms with Crippen LogP contribution in [0.4, 0.5) is 34.1 Å². The molecular formula is C66H54N2. The molecule has 10 aromatic rings. The molecule has 0 saturated heterocycles. The number of benzene rings is 10. The Labute approximate surface area is 402 Å². The Balaban J connectivity index is 0.971. The summed E-state index contributed by atoms with van der Waals surface area (Å²) in [6, 6.07) is 95.0. The van der Waals surface area contributed by atoms with Gasteiger partial charge in [0.15, 0.2) is 0 Å². The van der Waals surface area contributed by atoms with Gasteiger partial charge in [-0.15, -0.1) is 0 Å². The van der Waals surface area contributed by atoms with E-state index in [1.165, 1.54) is 61.2 Å². The van der Waals surface area contributed by atoms with Gasteiger partial charge in [0.05, 0.1) is 0 Å². The minimum Gasteiger partial charge on any atom is -0.311 e. The number of fused-ring (bicyclic) bond motifs is 1. The van der Waals surface area contributed by atoms with Crippen LogP contribution in [-0.4, -0.2) is 0 Å². The zero-order valence-electron chi connectivity index (χ0n) is 38.9. The van der Waals surface area contributed by atoms with Crippen LogP contribution in [0, 0.1) is 0 Å². The molecule has 328 valence electrons. The van der Waals surface area contributed by atoms with Crippen molar-refractivity contribution in [3.05, 3.63) is 278 Å². The second kappa shape index (κ2) is 17.9. The van der Waals surface area contributed by atoms with Crippen LogP contribution in [0.25, 0.3) is 44.5 Å². The highest BCUT2D eigenvalue weighted by Crippen LogP contribution is 2.55. The van der Waals surface area contributed by atoms with E-state index in [0.717, 1.165) is 40.5 Å². The molecule has 11 rings (SSSR count). The van der Waals surface area contributed by atoms with Gasteiger partial charge in [0.2, 0.25) is 0 Å². The molecule has 0 radical (unpaired) electrons. The first kappa shape index (κ1) is 42.4. The average Bonchev–Trinajstić information content (AvgIpc) is 3.62. The van der Waals surface area contributed by atoms with Gasteiger partial charge in [-0.1, -0.05) is 209 Å². The normalized spacial score (nSPS) is 14.8. The van der Waals surface area contributed by atoms with E-state index >= 15 is 0 Å². The summed E-state index contributed by atoms with van der Waals surface area (Å²) in [7, 11) is 0. The van der Waals surface area contributed by atoms with Gasteiger partial charge in [-0.3, -0.25) is 0 Å². The fourth-order valence-electron chi connectivity index (χ4n) is 10.7.